The maximum atomic E-state index is 12.0. The Bertz CT molecular complexity index is 717. The van der Waals surface area contributed by atoms with Crippen molar-refractivity contribution < 1.29 is 9.53 Å². The topological polar surface area (TPSA) is 76.7 Å². The van der Waals surface area contributed by atoms with E-state index in [9.17, 15) is 4.79 Å². The van der Waals surface area contributed by atoms with Gasteiger partial charge >= 0.3 is 5.97 Å². The molecule has 22 heavy (non-hydrogen) atoms. The first-order chi connectivity index (χ1) is 10.6. The van der Waals surface area contributed by atoms with Crippen molar-refractivity contribution in [2.75, 3.05) is 0 Å². The molecule has 0 saturated heterocycles. The molecule has 5 nitrogen and oxygen atoms in total. The van der Waals surface area contributed by atoms with Crippen molar-refractivity contribution in [3.05, 3.63) is 64.7 Å². The van der Waals surface area contributed by atoms with Crippen LogP contribution in [0.5, 0.6) is 5.75 Å². The van der Waals surface area contributed by atoms with Crippen molar-refractivity contribution in [1.82, 2.24) is 5.43 Å². The molecule has 0 unspecified atom stereocenters. The zero-order chi connectivity index (χ0) is 15.9. The van der Waals surface area contributed by atoms with E-state index in [1.807, 2.05) is 0 Å². The van der Waals surface area contributed by atoms with Crippen LogP contribution in [0, 0.1) is 0 Å². The van der Waals surface area contributed by atoms with Gasteiger partial charge in [0.15, 0.2) is 5.11 Å². The van der Waals surface area contributed by atoms with Crippen LogP contribution in [0.25, 0.3) is 0 Å². The third-order valence-electron chi connectivity index (χ3n) is 2.57. The molecule has 0 radical (unpaired) electrons. The summed E-state index contributed by atoms with van der Waals surface area (Å²) in [5.41, 5.74) is 8.80. The van der Waals surface area contributed by atoms with Crippen LogP contribution in [-0.4, -0.2) is 17.3 Å². The minimum Gasteiger partial charge on any atom is -0.423 e. The molecule has 0 fully saturated rings. The van der Waals surface area contributed by atoms with Gasteiger partial charge in [0, 0.05) is 0 Å². The van der Waals surface area contributed by atoms with Gasteiger partial charge in [-0.05, 0) is 54.2 Å². The lowest BCUT2D eigenvalue weighted by atomic mass is 10.2. The number of hydrazone groups is 1. The monoisotopic (exact) mass is 333 g/mol. The Morgan fingerprint density at radius 2 is 1.91 bits per heavy atom. The Labute approximate surface area is 137 Å². The second kappa shape index (κ2) is 7.53. The summed E-state index contributed by atoms with van der Waals surface area (Å²) in [6.45, 7) is 0. The number of nitrogens with two attached hydrogens (primary N) is 1. The highest BCUT2D eigenvalue weighted by Crippen LogP contribution is 2.18. The van der Waals surface area contributed by atoms with Crippen molar-refractivity contribution in [3.8, 4) is 5.75 Å². The molecule has 0 aliphatic rings. The van der Waals surface area contributed by atoms with Crippen LogP contribution >= 0.6 is 23.8 Å². The Morgan fingerprint density at radius 1 is 1.23 bits per heavy atom. The molecule has 3 N–H and O–H groups in total. The number of nitrogens with zero attached hydrogens (tertiary/aromatic N) is 1. The summed E-state index contributed by atoms with van der Waals surface area (Å²) in [7, 11) is 0. The number of hydrogen-bond donors (Lipinski definition) is 2. The fraction of sp³-hybridized carbons (Fsp3) is 0. The first-order valence-electron chi connectivity index (χ1n) is 6.21. The normalized spacial score (nSPS) is 10.4. The Hall–Kier alpha value is -2.44. The van der Waals surface area contributed by atoms with Crippen LogP contribution in [0.2, 0.25) is 5.02 Å². The van der Waals surface area contributed by atoms with Gasteiger partial charge in [0.1, 0.15) is 5.75 Å². The molecule has 2 aromatic carbocycles. The van der Waals surface area contributed by atoms with Crippen LogP contribution in [-0.2, 0) is 0 Å². The zero-order valence-electron chi connectivity index (χ0n) is 11.3. The first kappa shape index (κ1) is 15.9. The number of carbonyl (C=O) groups excluding carboxylic acids is 1. The second-order valence-corrected chi connectivity index (χ2v) is 5.02. The lowest BCUT2D eigenvalue weighted by molar-refractivity contribution is 0.0735. The van der Waals surface area contributed by atoms with Gasteiger partial charge < -0.3 is 10.5 Å². The van der Waals surface area contributed by atoms with E-state index >= 15 is 0 Å². The van der Waals surface area contributed by atoms with Crippen LogP contribution in [0.4, 0.5) is 0 Å². The molecule has 0 aliphatic heterocycles. The third-order valence-corrected chi connectivity index (χ3v) is 2.99. The van der Waals surface area contributed by atoms with E-state index in [4.69, 9.17) is 22.1 Å². The summed E-state index contributed by atoms with van der Waals surface area (Å²) in [6.07, 6.45) is 1.54. The fourth-order valence-corrected chi connectivity index (χ4v) is 1.85. The second-order valence-electron chi connectivity index (χ2n) is 4.17. The van der Waals surface area contributed by atoms with Crippen molar-refractivity contribution in [3.63, 3.8) is 0 Å². The number of hydrogen-bond acceptors (Lipinski definition) is 4. The SMILES string of the molecule is NC(=S)N/N=C/c1ccc(OC(=O)c2ccccc2Cl)cc1. The van der Waals surface area contributed by atoms with Gasteiger partial charge in [0.05, 0.1) is 16.8 Å². The number of nitrogens with one attached hydrogen (secondary N) is 1. The van der Waals surface area contributed by atoms with Crippen LogP contribution < -0.4 is 15.9 Å². The van der Waals surface area contributed by atoms with Gasteiger partial charge in [0.2, 0.25) is 0 Å². The standard InChI is InChI=1S/C15H12ClN3O2S/c16-13-4-2-1-3-12(13)14(20)21-11-7-5-10(6-8-11)9-18-19-15(17)22/h1-9H,(H3,17,19,22)/b18-9+. The third kappa shape index (κ3) is 4.54. The van der Waals surface area contributed by atoms with E-state index in [-0.39, 0.29) is 5.11 Å². The molecule has 0 aromatic heterocycles. The molecular formula is C15H12ClN3O2S. The highest BCUT2D eigenvalue weighted by Gasteiger charge is 2.11. The highest BCUT2D eigenvalue weighted by molar-refractivity contribution is 7.80. The molecule has 7 heteroatoms. The van der Waals surface area contributed by atoms with E-state index in [1.54, 1.807) is 54.7 Å². The van der Waals surface area contributed by atoms with Crippen LogP contribution in [0.3, 0.4) is 0 Å². The highest BCUT2D eigenvalue weighted by atomic mass is 35.5. The van der Waals surface area contributed by atoms with Gasteiger partial charge in [0.25, 0.3) is 0 Å². The van der Waals surface area contributed by atoms with E-state index in [2.05, 4.69) is 22.7 Å². The van der Waals surface area contributed by atoms with Gasteiger partial charge in [-0.15, -0.1) is 0 Å². The maximum absolute atomic E-state index is 12.0. The zero-order valence-corrected chi connectivity index (χ0v) is 12.9. The number of thiocarbonyl (C=S) groups is 1. The maximum Gasteiger partial charge on any atom is 0.345 e. The minimum atomic E-state index is -0.512. The summed E-state index contributed by atoms with van der Waals surface area (Å²) in [6, 6.07) is 13.5. The summed E-state index contributed by atoms with van der Waals surface area (Å²) >= 11 is 10.6. The van der Waals surface area contributed by atoms with Gasteiger partial charge in [-0.3, -0.25) is 5.43 Å². The molecule has 0 amide bonds. The van der Waals surface area contributed by atoms with E-state index in [1.165, 1.54) is 0 Å². The summed E-state index contributed by atoms with van der Waals surface area (Å²) in [5, 5.41) is 4.26. The molecule has 0 bridgehead atoms. The average Bonchev–Trinajstić information content (AvgIpc) is 2.49. The van der Waals surface area contributed by atoms with Gasteiger partial charge in [-0.25, -0.2) is 4.79 Å². The molecule has 0 spiro atoms. The van der Waals surface area contributed by atoms with Crippen molar-refractivity contribution in [1.29, 1.82) is 0 Å². The summed E-state index contributed by atoms with van der Waals surface area (Å²) < 4.78 is 5.25. The fourth-order valence-electron chi connectivity index (χ4n) is 1.58. The number of carbonyl (C=O) groups is 1. The predicted octanol–water partition coefficient (Wildman–Crippen LogP) is 2.73. The molecular weight excluding hydrogens is 322 g/mol. The summed E-state index contributed by atoms with van der Waals surface area (Å²) in [5.74, 6) is -0.105. The lowest BCUT2D eigenvalue weighted by Crippen LogP contribution is -2.23. The Balaban J connectivity index is 2.02. The van der Waals surface area contributed by atoms with Crippen molar-refractivity contribution in [2.45, 2.75) is 0 Å². The van der Waals surface area contributed by atoms with Gasteiger partial charge in [-0.1, -0.05) is 23.7 Å². The minimum absolute atomic E-state index is 0.0848. The lowest BCUT2D eigenvalue weighted by Gasteiger charge is -2.05. The number of esters is 1. The summed E-state index contributed by atoms with van der Waals surface area (Å²) in [4.78, 5) is 12.0. The number of benzene rings is 2. The largest absolute Gasteiger partial charge is 0.423 e. The quantitative estimate of drug-likeness (QED) is 0.296. The molecule has 112 valence electrons. The number of rotatable bonds is 4. The van der Waals surface area contributed by atoms with E-state index in [0.29, 0.717) is 16.3 Å². The van der Waals surface area contributed by atoms with E-state index < -0.39 is 5.97 Å². The number of halogens is 1. The van der Waals surface area contributed by atoms with Crippen molar-refractivity contribution in [2.24, 2.45) is 10.8 Å². The molecule has 0 saturated carbocycles. The molecule has 0 heterocycles. The molecule has 0 atom stereocenters. The molecule has 0 aliphatic carbocycles. The van der Waals surface area contributed by atoms with Crippen LogP contribution in [0.15, 0.2) is 53.6 Å². The molecule has 2 aromatic rings. The van der Waals surface area contributed by atoms with Crippen molar-refractivity contribution >= 4 is 41.1 Å². The van der Waals surface area contributed by atoms with E-state index in [0.717, 1.165) is 5.56 Å². The number of ether oxygens (including phenoxy) is 1. The van der Waals surface area contributed by atoms with Gasteiger partial charge in [-0.2, -0.15) is 5.10 Å². The smallest absolute Gasteiger partial charge is 0.345 e. The van der Waals surface area contributed by atoms with Crippen LogP contribution in [0.1, 0.15) is 15.9 Å². The first-order valence-corrected chi connectivity index (χ1v) is 7.00. The Kier molecular flexibility index (Phi) is 5.46. The molecule has 2 rings (SSSR count). The predicted molar refractivity (Wildman–Crippen MR) is 90.4 cm³/mol. The average molecular weight is 334 g/mol. The Morgan fingerprint density at radius 3 is 2.55 bits per heavy atom.